The van der Waals surface area contributed by atoms with Gasteiger partial charge in [0.25, 0.3) is 0 Å². The molecule has 0 aliphatic rings. The molecule has 23 heavy (non-hydrogen) atoms. The van der Waals surface area contributed by atoms with Crippen LogP contribution >= 0.6 is 0 Å². The molecule has 1 atom stereocenters. The Hall–Kier alpha value is -2.06. The van der Waals surface area contributed by atoms with Crippen molar-refractivity contribution in [3.05, 3.63) is 59.4 Å². The molecule has 0 radical (unpaired) electrons. The van der Waals surface area contributed by atoms with Gasteiger partial charge in [0.1, 0.15) is 0 Å². The lowest BCUT2D eigenvalue weighted by atomic mass is 10.1. The standard InChI is InChI=1S/C15H14F3NO3S/c1-9(10-3-5-12(16)13(17)7-10)19-23(20,21)11-4-6-15(22-2)14(18)8-11/h3-9,19H,1-2H3. The predicted octanol–water partition coefficient (Wildman–Crippen LogP) is 3.15. The summed E-state index contributed by atoms with van der Waals surface area (Å²) in [7, 11) is -2.78. The molecule has 0 aliphatic heterocycles. The minimum absolute atomic E-state index is 0.0856. The summed E-state index contributed by atoms with van der Waals surface area (Å²) in [4.78, 5) is -0.301. The van der Waals surface area contributed by atoms with Crippen LogP contribution in [0.2, 0.25) is 0 Å². The van der Waals surface area contributed by atoms with Gasteiger partial charge in [0.2, 0.25) is 10.0 Å². The van der Waals surface area contributed by atoms with Crippen LogP contribution in [-0.4, -0.2) is 15.5 Å². The van der Waals surface area contributed by atoms with E-state index in [9.17, 15) is 21.6 Å². The number of sulfonamides is 1. The highest BCUT2D eigenvalue weighted by Crippen LogP contribution is 2.23. The van der Waals surface area contributed by atoms with Crippen molar-refractivity contribution in [2.45, 2.75) is 17.9 Å². The van der Waals surface area contributed by atoms with Crippen LogP contribution in [0.15, 0.2) is 41.3 Å². The second kappa shape index (κ2) is 6.59. The molecule has 4 nitrogen and oxygen atoms in total. The summed E-state index contributed by atoms with van der Waals surface area (Å²) in [5, 5.41) is 0. The molecule has 0 bridgehead atoms. The molecule has 1 unspecified atom stereocenters. The van der Waals surface area contributed by atoms with Gasteiger partial charge in [-0.1, -0.05) is 6.07 Å². The average molecular weight is 345 g/mol. The maximum absolute atomic E-state index is 13.6. The van der Waals surface area contributed by atoms with Crippen molar-refractivity contribution in [3.63, 3.8) is 0 Å². The monoisotopic (exact) mass is 345 g/mol. The molecule has 0 saturated carbocycles. The minimum atomic E-state index is -4.04. The number of nitrogens with one attached hydrogen (secondary N) is 1. The molecule has 0 aliphatic carbocycles. The Labute approximate surface area is 132 Å². The van der Waals surface area contributed by atoms with E-state index in [1.165, 1.54) is 32.2 Å². The number of halogens is 3. The van der Waals surface area contributed by atoms with Crippen LogP contribution in [0, 0.1) is 17.5 Å². The molecule has 0 fully saturated rings. The molecule has 2 aromatic carbocycles. The molecule has 1 N–H and O–H groups in total. The second-order valence-electron chi connectivity index (χ2n) is 4.81. The van der Waals surface area contributed by atoms with E-state index in [0.29, 0.717) is 0 Å². The van der Waals surface area contributed by atoms with Crippen LogP contribution in [0.5, 0.6) is 5.75 Å². The SMILES string of the molecule is COc1ccc(S(=O)(=O)NC(C)c2ccc(F)c(F)c2)cc1F. The fraction of sp³-hybridized carbons (Fsp3) is 0.200. The first-order valence-electron chi connectivity index (χ1n) is 6.55. The quantitative estimate of drug-likeness (QED) is 0.906. The van der Waals surface area contributed by atoms with E-state index in [2.05, 4.69) is 4.72 Å². The molecular weight excluding hydrogens is 331 g/mol. The highest BCUT2D eigenvalue weighted by Gasteiger charge is 2.20. The number of rotatable bonds is 5. The number of benzene rings is 2. The van der Waals surface area contributed by atoms with Crippen LogP contribution in [0.1, 0.15) is 18.5 Å². The highest BCUT2D eigenvalue weighted by atomic mass is 32.2. The lowest BCUT2D eigenvalue weighted by Crippen LogP contribution is -2.27. The van der Waals surface area contributed by atoms with Crippen LogP contribution in [0.25, 0.3) is 0 Å². The Morgan fingerprint density at radius 2 is 1.70 bits per heavy atom. The molecule has 2 rings (SSSR count). The number of hydrogen-bond acceptors (Lipinski definition) is 3. The molecule has 124 valence electrons. The van der Waals surface area contributed by atoms with Crippen molar-refractivity contribution in [1.29, 1.82) is 0 Å². The molecule has 8 heteroatoms. The zero-order chi connectivity index (χ0) is 17.2. The summed E-state index contributed by atoms with van der Waals surface area (Å²) in [6.45, 7) is 1.46. The highest BCUT2D eigenvalue weighted by molar-refractivity contribution is 7.89. The third kappa shape index (κ3) is 3.83. The Morgan fingerprint density at radius 1 is 1.00 bits per heavy atom. The fourth-order valence-corrected chi connectivity index (χ4v) is 3.21. The summed E-state index contributed by atoms with van der Waals surface area (Å²) in [6, 6.07) is 5.42. The predicted molar refractivity (Wildman–Crippen MR) is 78.0 cm³/mol. The van der Waals surface area contributed by atoms with Crippen LogP contribution in [0.3, 0.4) is 0 Å². The van der Waals surface area contributed by atoms with Crippen LogP contribution in [0.4, 0.5) is 13.2 Å². The van der Waals surface area contributed by atoms with Gasteiger partial charge >= 0.3 is 0 Å². The zero-order valence-electron chi connectivity index (χ0n) is 12.3. The van der Waals surface area contributed by atoms with Gasteiger partial charge in [-0.05, 0) is 42.8 Å². The molecule has 0 spiro atoms. The third-order valence-corrected chi connectivity index (χ3v) is 4.75. The van der Waals surface area contributed by atoms with E-state index >= 15 is 0 Å². The van der Waals surface area contributed by atoms with Crippen molar-refractivity contribution in [3.8, 4) is 5.75 Å². The zero-order valence-corrected chi connectivity index (χ0v) is 13.1. The first-order valence-corrected chi connectivity index (χ1v) is 8.03. The van der Waals surface area contributed by atoms with E-state index in [-0.39, 0.29) is 16.2 Å². The Bertz CT molecular complexity index is 825. The fourth-order valence-electron chi connectivity index (χ4n) is 1.96. The van der Waals surface area contributed by atoms with Crippen molar-refractivity contribution in [2.24, 2.45) is 0 Å². The Morgan fingerprint density at radius 3 is 2.26 bits per heavy atom. The van der Waals surface area contributed by atoms with Gasteiger partial charge in [-0.3, -0.25) is 0 Å². The Balaban J connectivity index is 2.26. The molecule has 0 saturated heterocycles. The second-order valence-corrected chi connectivity index (χ2v) is 6.53. The largest absolute Gasteiger partial charge is 0.494 e. The number of hydrogen-bond donors (Lipinski definition) is 1. The molecule has 0 amide bonds. The van der Waals surface area contributed by atoms with E-state index in [1.807, 2.05) is 0 Å². The number of ether oxygens (including phenoxy) is 1. The van der Waals surface area contributed by atoms with E-state index in [1.54, 1.807) is 0 Å². The molecule has 2 aromatic rings. The van der Waals surface area contributed by atoms with Gasteiger partial charge < -0.3 is 4.74 Å². The summed E-state index contributed by atoms with van der Waals surface area (Å²) in [5.41, 5.74) is 0.237. The van der Waals surface area contributed by atoms with Gasteiger partial charge in [-0.25, -0.2) is 26.3 Å². The molecule has 0 heterocycles. The summed E-state index contributed by atoms with van der Waals surface area (Å²) in [5.74, 6) is -3.02. The first-order chi connectivity index (χ1) is 10.7. The summed E-state index contributed by atoms with van der Waals surface area (Å²) < 4.78 is 71.2. The van der Waals surface area contributed by atoms with Crippen LogP contribution in [-0.2, 0) is 10.0 Å². The lowest BCUT2D eigenvalue weighted by molar-refractivity contribution is 0.385. The van der Waals surface area contributed by atoms with E-state index in [4.69, 9.17) is 4.74 Å². The van der Waals surface area contributed by atoms with Gasteiger partial charge in [0.15, 0.2) is 23.2 Å². The smallest absolute Gasteiger partial charge is 0.241 e. The van der Waals surface area contributed by atoms with E-state index in [0.717, 1.165) is 18.2 Å². The summed E-state index contributed by atoms with van der Waals surface area (Å²) in [6.07, 6.45) is 0. The lowest BCUT2D eigenvalue weighted by Gasteiger charge is -2.15. The maximum Gasteiger partial charge on any atom is 0.241 e. The van der Waals surface area contributed by atoms with Gasteiger partial charge in [0.05, 0.1) is 12.0 Å². The number of methoxy groups -OCH3 is 1. The first kappa shape index (κ1) is 17.3. The van der Waals surface area contributed by atoms with Crippen molar-refractivity contribution in [1.82, 2.24) is 4.72 Å². The molecule has 0 aromatic heterocycles. The molecular formula is C15H14F3NO3S. The van der Waals surface area contributed by atoms with Gasteiger partial charge in [-0.15, -0.1) is 0 Å². The minimum Gasteiger partial charge on any atom is -0.494 e. The van der Waals surface area contributed by atoms with Gasteiger partial charge in [0, 0.05) is 6.04 Å². The van der Waals surface area contributed by atoms with Crippen molar-refractivity contribution < 1.29 is 26.3 Å². The third-order valence-electron chi connectivity index (χ3n) is 3.21. The van der Waals surface area contributed by atoms with E-state index < -0.39 is 33.5 Å². The van der Waals surface area contributed by atoms with Crippen molar-refractivity contribution in [2.75, 3.05) is 7.11 Å². The van der Waals surface area contributed by atoms with Gasteiger partial charge in [-0.2, -0.15) is 0 Å². The van der Waals surface area contributed by atoms with Crippen molar-refractivity contribution >= 4 is 10.0 Å². The normalized spacial score (nSPS) is 12.9. The average Bonchev–Trinajstić information content (AvgIpc) is 2.49. The topological polar surface area (TPSA) is 55.4 Å². The Kier molecular flexibility index (Phi) is 4.96. The van der Waals surface area contributed by atoms with Crippen LogP contribution < -0.4 is 9.46 Å². The summed E-state index contributed by atoms with van der Waals surface area (Å²) >= 11 is 0. The maximum atomic E-state index is 13.6.